The van der Waals surface area contributed by atoms with Gasteiger partial charge in [0.1, 0.15) is 0 Å². The van der Waals surface area contributed by atoms with Crippen LogP contribution in [0.2, 0.25) is 0 Å². The van der Waals surface area contributed by atoms with Crippen LogP contribution >= 0.6 is 0 Å². The van der Waals surface area contributed by atoms with E-state index < -0.39 is 15.1 Å². The molecular weight excluding hydrogens is 244 g/mol. The van der Waals surface area contributed by atoms with Gasteiger partial charge in [0.25, 0.3) is 0 Å². The first-order chi connectivity index (χ1) is 8.52. The maximum atomic E-state index is 12.4. The quantitative estimate of drug-likeness (QED) is 0.554. The summed E-state index contributed by atoms with van der Waals surface area (Å²) in [4.78, 5) is 0.398. The molecule has 1 unspecified atom stereocenters. The van der Waals surface area contributed by atoms with Crippen molar-refractivity contribution >= 4 is 9.84 Å². The third-order valence-electron chi connectivity index (χ3n) is 3.10. The maximum absolute atomic E-state index is 12.4. The number of benzene rings is 1. The Kier molecular flexibility index (Phi) is 5.60. The summed E-state index contributed by atoms with van der Waals surface area (Å²) >= 11 is 0. The summed E-state index contributed by atoms with van der Waals surface area (Å²) in [6, 6.07) is 7.03. The van der Waals surface area contributed by atoms with E-state index in [1.807, 2.05) is 19.1 Å². The van der Waals surface area contributed by atoms with E-state index in [1.165, 1.54) is 0 Å². The normalized spacial score (nSPS) is 13.2. The molecule has 0 N–H and O–H groups in total. The van der Waals surface area contributed by atoms with E-state index in [4.69, 9.17) is 0 Å². The van der Waals surface area contributed by atoms with Crippen LogP contribution in [0.15, 0.2) is 41.8 Å². The lowest BCUT2D eigenvalue weighted by Gasteiger charge is -2.13. The van der Waals surface area contributed by atoms with E-state index in [-0.39, 0.29) is 0 Å². The van der Waals surface area contributed by atoms with Crippen molar-refractivity contribution in [3.63, 3.8) is 0 Å². The van der Waals surface area contributed by atoms with Gasteiger partial charge in [-0.25, -0.2) is 8.42 Å². The molecule has 0 spiro atoms. The highest BCUT2D eigenvalue weighted by atomic mass is 32.2. The summed E-state index contributed by atoms with van der Waals surface area (Å²) in [5.74, 6) is 0. The van der Waals surface area contributed by atoms with Gasteiger partial charge in [-0.15, -0.1) is 6.58 Å². The molecule has 1 aromatic carbocycles. The summed E-state index contributed by atoms with van der Waals surface area (Å²) in [5, 5.41) is -0.466. The molecule has 0 amide bonds. The zero-order chi connectivity index (χ0) is 13.6. The maximum Gasteiger partial charge on any atom is 0.184 e. The lowest BCUT2D eigenvalue weighted by atomic mass is 10.1. The summed E-state index contributed by atoms with van der Waals surface area (Å²) in [5.41, 5.74) is 1.06. The molecule has 100 valence electrons. The van der Waals surface area contributed by atoms with Gasteiger partial charge in [-0.05, 0) is 25.5 Å². The highest BCUT2D eigenvalue weighted by Crippen LogP contribution is 2.21. The van der Waals surface area contributed by atoms with Crippen molar-refractivity contribution in [1.82, 2.24) is 0 Å². The third-order valence-corrected chi connectivity index (χ3v) is 5.26. The molecular formula is C15H22O2S. The third kappa shape index (κ3) is 3.70. The average molecular weight is 266 g/mol. The van der Waals surface area contributed by atoms with Gasteiger partial charge in [-0.2, -0.15) is 0 Å². The molecule has 0 fully saturated rings. The number of unbranched alkanes of at least 4 members (excludes halogenated alkanes) is 2. The molecule has 0 bridgehead atoms. The van der Waals surface area contributed by atoms with Gasteiger partial charge in [0, 0.05) is 0 Å². The molecule has 1 rings (SSSR count). The van der Waals surface area contributed by atoms with Crippen LogP contribution in [0.5, 0.6) is 0 Å². The fourth-order valence-electron chi connectivity index (χ4n) is 1.90. The summed E-state index contributed by atoms with van der Waals surface area (Å²) in [6.07, 6.45) is 5.30. The second kappa shape index (κ2) is 6.74. The second-order valence-electron chi connectivity index (χ2n) is 4.63. The Morgan fingerprint density at radius 1 is 1.22 bits per heavy atom. The molecule has 0 aliphatic heterocycles. The van der Waals surface area contributed by atoms with E-state index in [0.717, 1.165) is 24.8 Å². The average Bonchev–Trinajstić information content (AvgIpc) is 2.35. The Balaban J connectivity index is 2.89. The zero-order valence-electron chi connectivity index (χ0n) is 11.2. The summed E-state index contributed by atoms with van der Waals surface area (Å²) in [6.45, 7) is 7.73. The van der Waals surface area contributed by atoms with Crippen molar-refractivity contribution in [3.8, 4) is 0 Å². The van der Waals surface area contributed by atoms with Crippen molar-refractivity contribution in [2.75, 3.05) is 0 Å². The standard InChI is InChI=1S/C15H22O2S/c1-4-6-7-8-14(5-2)18(16,17)15-11-9-13(3)10-12-15/h5,9-12,14H,2,4,6-8H2,1,3H3. The van der Waals surface area contributed by atoms with Gasteiger partial charge < -0.3 is 0 Å². The number of hydrogen-bond donors (Lipinski definition) is 0. The predicted octanol–water partition coefficient (Wildman–Crippen LogP) is 3.90. The summed E-state index contributed by atoms with van der Waals surface area (Å²) in [7, 11) is -3.27. The molecule has 0 saturated carbocycles. The Bertz CT molecular complexity index is 472. The second-order valence-corrected chi connectivity index (χ2v) is 6.79. The van der Waals surface area contributed by atoms with Crippen LogP contribution in [0.1, 0.15) is 38.2 Å². The largest absolute Gasteiger partial charge is 0.223 e. The van der Waals surface area contributed by atoms with Gasteiger partial charge in [0.2, 0.25) is 0 Å². The molecule has 18 heavy (non-hydrogen) atoms. The van der Waals surface area contributed by atoms with Crippen molar-refractivity contribution in [3.05, 3.63) is 42.5 Å². The molecule has 0 heterocycles. The molecule has 1 aromatic rings. The molecule has 0 aliphatic carbocycles. The van der Waals surface area contributed by atoms with Crippen LogP contribution in [0, 0.1) is 6.92 Å². The highest BCUT2D eigenvalue weighted by molar-refractivity contribution is 7.92. The van der Waals surface area contributed by atoms with Crippen LogP contribution in [0.3, 0.4) is 0 Å². The summed E-state index contributed by atoms with van der Waals surface area (Å²) < 4.78 is 24.8. The minimum atomic E-state index is -3.27. The monoisotopic (exact) mass is 266 g/mol. The fraction of sp³-hybridized carbons (Fsp3) is 0.467. The Morgan fingerprint density at radius 2 is 1.83 bits per heavy atom. The highest BCUT2D eigenvalue weighted by Gasteiger charge is 2.23. The van der Waals surface area contributed by atoms with Gasteiger partial charge >= 0.3 is 0 Å². The van der Waals surface area contributed by atoms with Gasteiger partial charge in [-0.1, -0.05) is 50.0 Å². The lowest BCUT2D eigenvalue weighted by Crippen LogP contribution is -2.19. The minimum absolute atomic E-state index is 0.398. The van der Waals surface area contributed by atoms with Crippen molar-refractivity contribution in [2.24, 2.45) is 0 Å². The van der Waals surface area contributed by atoms with Gasteiger partial charge in [0.15, 0.2) is 9.84 Å². The molecule has 1 atom stereocenters. The van der Waals surface area contributed by atoms with Crippen molar-refractivity contribution < 1.29 is 8.42 Å². The first-order valence-electron chi connectivity index (χ1n) is 6.45. The van der Waals surface area contributed by atoms with E-state index >= 15 is 0 Å². The van der Waals surface area contributed by atoms with Crippen molar-refractivity contribution in [1.29, 1.82) is 0 Å². The minimum Gasteiger partial charge on any atom is -0.223 e. The van der Waals surface area contributed by atoms with E-state index in [1.54, 1.807) is 18.2 Å². The Labute approximate surface area is 111 Å². The van der Waals surface area contributed by atoms with Crippen LogP contribution in [-0.4, -0.2) is 13.7 Å². The van der Waals surface area contributed by atoms with Crippen LogP contribution in [0.25, 0.3) is 0 Å². The first-order valence-corrected chi connectivity index (χ1v) is 8.00. The molecule has 0 aliphatic rings. The number of sulfone groups is 1. The van der Waals surface area contributed by atoms with Crippen LogP contribution in [-0.2, 0) is 9.84 Å². The molecule has 3 heteroatoms. The smallest absolute Gasteiger partial charge is 0.184 e. The first kappa shape index (κ1) is 15.0. The van der Waals surface area contributed by atoms with Crippen molar-refractivity contribution in [2.45, 2.75) is 49.7 Å². The fourth-order valence-corrected chi connectivity index (χ4v) is 3.49. The van der Waals surface area contributed by atoms with Gasteiger partial charge in [0.05, 0.1) is 10.1 Å². The van der Waals surface area contributed by atoms with Gasteiger partial charge in [-0.3, -0.25) is 0 Å². The predicted molar refractivity (Wildman–Crippen MR) is 76.5 cm³/mol. The van der Waals surface area contributed by atoms with E-state index in [9.17, 15) is 8.42 Å². The molecule has 0 radical (unpaired) electrons. The van der Waals surface area contributed by atoms with E-state index in [2.05, 4.69) is 13.5 Å². The Morgan fingerprint density at radius 3 is 2.33 bits per heavy atom. The molecule has 0 aromatic heterocycles. The van der Waals surface area contributed by atoms with Crippen LogP contribution in [0.4, 0.5) is 0 Å². The lowest BCUT2D eigenvalue weighted by molar-refractivity contribution is 0.576. The van der Waals surface area contributed by atoms with Crippen LogP contribution < -0.4 is 0 Å². The molecule has 0 saturated heterocycles. The number of rotatable bonds is 7. The number of aryl methyl sites for hydroxylation is 1. The zero-order valence-corrected chi connectivity index (χ0v) is 12.0. The van der Waals surface area contributed by atoms with E-state index in [0.29, 0.717) is 11.3 Å². The Hall–Kier alpha value is -1.09. The molecule has 2 nitrogen and oxygen atoms in total. The topological polar surface area (TPSA) is 34.1 Å². The number of hydrogen-bond acceptors (Lipinski definition) is 2. The SMILES string of the molecule is C=CC(CCCCC)S(=O)(=O)c1ccc(C)cc1.